The van der Waals surface area contributed by atoms with Gasteiger partial charge in [0, 0.05) is 11.1 Å². The van der Waals surface area contributed by atoms with Crippen LogP contribution in [0.5, 0.6) is 0 Å². The van der Waals surface area contributed by atoms with Crippen molar-refractivity contribution in [2.24, 2.45) is 0 Å². The Morgan fingerprint density at radius 2 is 2.12 bits per heavy atom. The Kier molecular flexibility index (Phi) is 8.60. The molecule has 0 aliphatic rings. The lowest BCUT2D eigenvalue weighted by Gasteiger charge is -2.19. The molecule has 0 aliphatic heterocycles. The summed E-state index contributed by atoms with van der Waals surface area (Å²) >= 11 is 1.50. The molecule has 1 rings (SSSR count). The molecule has 0 fully saturated rings. The predicted octanol–water partition coefficient (Wildman–Crippen LogP) is 3.01. The fourth-order valence-corrected chi connectivity index (χ4v) is 1.34. The van der Waals surface area contributed by atoms with Crippen LogP contribution in [0.3, 0.4) is 0 Å². The van der Waals surface area contributed by atoms with E-state index in [2.05, 4.69) is 10.3 Å². The van der Waals surface area contributed by atoms with Gasteiger partial charge in [-0.15, -0.1) is 36.2 Å². The Morgan fingerprint density at radius 3 is 2.56 bits per heavy atom. The summed E-state index contributed by atoms with van der Waals surface area (Å²) < 4.78 is 5.07. The molecule has 0 unspecified atom stereocenters. The van der Waals surface area contributed by atoms with Crippen molar-refractivity contribution in [3.05, 3.63) is 16.6 Å². The molecule has 1 N–H and O–H groups in total. The summed E-state index contributed by atoms with van der Waals surface area (Å²) in [5, 5.41) is 2.65. The Labute approximate surface area is 112 Å². The predicted molar refractivity (Wildman–Crippen MR) is 69.7 cm³/mol. The molecule has 0 radical (unpaired) electrons. The van der Waals surface area contributed by atoms with Gasteiger partial charge < -0.3 is 10.1 Å². The number of nitrogens with zero attached hydrogens (tertiary/aromatic N) is 1. The number of hydrogen-bond acceptors (Lipinski definition) is 4. The zero-order valence-electron chi connectivity index (χ0n) is 9.35. The first-order valence-electron chi connectivity index (χ1n) is 4.31. The highest BCUT2D eigenvalue weighted by Crippen LogP contribution is 2.08. The minimum absolute atomic E-state index is 0. The summed E-state index contributed by atoms with van der Waals surface area (Å²) in [6, 6.07) is 0. The molecule has 0 spiro atoms. The highest BCUT2D eigenvalue weighted by molar-refractivity contribution is 7.09. The first-order valence-corrected chi connectivity index (χ1v) is 5.19. The highest BCUT2D eigenvalue weighted by atomic mass is 35.5. The van der Waals surface area contributed by atoms with Crippen molar-refractivity contribution in [1.29, 1.82) is 0 Å². The number of ether oxygens (including phenoxy) is 1. The molecule has 7 heteroatoms. The number of halogens is 2. The van der Waals surface area contributed by atoms with Gasteiger partial charge in [-0.3, -0.25) is 4.98 Å². The van der Waals surface area contributed by atoms with E-state index < -0.39 is 11.7 Å². The molecule has 4 nitrogen and oxygen atoms in total. The van der Waals surface area contributed by atoms with Crippen LogP contribution < -0.4 is 5.32 Å². The van der Waals surface area contributed by atoms with Crippen LogP contribution in [0.25, 0.3) is 0 Å². The second-order valence-electron chi connectivity index (χ2n) is 3.82. The molecule has 94 valence electrons. The third-order valence-electron chi connectivity index (χ3n) is 1.29. The van der Waals surface area contributed by atoms with E-state index in [-0.39, 0.29) is 24.8 Å². The van der Waals surface area contributed by atoms with Crippen molar-refractivity contribution >= 4 is 42.2 Å². The molecule has 1 heterocycles. The number of aromatic nitrogens is 1. The van der Waals surface area contributed by atoms with Crippen LogP contribution in [0.1, 0.15) is 25.6 Å². The van der Waals surface area contributed by atoms with E-state index in [1.54, 1.807) is 11.7 Å². The Morgan fingerprint density at radius 1 is 1.50 bits per heavy atom. The smallest absolute Gasteiger partial charge is 0.407 e. The second kappa shape index (κ2) is 7.70. The van der Waals surface area contributed by atoms with Gasteiger partial charge in [-0.2, -0.15) is 0 Å². The molecule has 1 aromatic rings. The van der Waals surface area contributed by atoms with E-state index in [9.17, 15) is 4.79 Å². The van der Waals surface area contributed by atoms with Gasteiger partial charge in [-0.05, 0) is 20.8 Å². The number of thiazole rings is 1. The number of alkyl carbamates (subject to hydrolysis) is 1. The van der Waals surface area contributed by atoms with E-state index in [1.165, 1.54) is 11.3 Å². The van der Waals surface area contributed by atoms with E-state index in [0.717, 1.165) is 4.88 Å². The molecular formula is C9H16Cl2N2O2S. The van der Waals surface area contributed by atoms with Crippen molar-refractivity contribution in [2.75, 3.05) is 0 Å². The first kappa shape index (κ1) is 17.9. The molecule has 1 aromatic heterocycles. The van der Waals surface area contributed by atoms with Gasteiger partial charge in [0.1, 0.15) is 5.60 Å². The average molecular weight is 287 g/mol. The standard InChI is InChI=1S/C9H14N2O2S.2ClH/c1-9(2,3)13-8(12)11-5-7-4-10-6-14-7;;/h4,6H,5H2,1-3H3,(H,11,12);2*1H. The van der Waals surface area contributed by atoms with E-state index in [1.807, 2.05) is 20.8 Å². The summed E-state index contributed by atoms with van der Waals surface area (Å²) in [7, 11) is 0. The fourth-order valence-electron chi connectivity index (χ4n) is 0.803. The maximum absolute atomic E-state index is 11.2. The van der Waals surface area contributed by atoms with Gasteiger partial charge in [-0.1, -0.05) is 0 Å². The number of nitrogens with one attached hydrogen (secondary N) is 1. The second-order valence-corrected chi connectivity index (χ2v) is 4.79. The number of rotatable bonds is 2. The van der Waals surface area contributed by atoms with Crippen molar-refractivity contribution in [3.8, 4) is 0 Å². The van der Waals surface area contributed by atoms with Crippen molar-refractivity contribution in [2.45, 2.75) is 32.9 Å². The molecule has 1 amide bonds. The van der Waals surface area contributed by atoms with E-state index >= 15 is 0 Å². The van der Waals surface area contributed by atoms with Crippen LogP contribution in [0.15, 0.2) is 11.7 Å². The third-order valence-corrected chi connectivity index (χ3v) is 2.07. The van der Waals surface area contributed by atoms with Crippen LogP contribution in [0.2, 0.25) is 0 Å². The molecule has 0 aromatic carbocycles. The van der Waals surface area contributed by atoms with Gasteiger partial charge >= 0.3 is 6.09 Å². The van der Waals surface area contributed by atoms with E-state index in [4.69, 9.17) is 4.74 Å². The van der Waals surface area contributed by atoms with Crippen molar-refractivity contribution in [3.63, 3.8) is 0 Å². The third kappa shape index (κ3) is 7.73. The van der Waals surface area contributed by atoms with Crippen LogP contribution in [-0.2, 0) is 11.3 Å². The molecular weight excluding hydrogens is 271 g/mol. The van der Waals surface area contributed by atoms with Crippen molar-refractivity contribution in [1.82, 2.24) is 10.3 Å². The van der Waals surface area contributed by atoms with Gasteiger partial charge in [0.05, 0.1) is 12.1 Å². The Bertz CT molecular complexity index is 299. The summed E-state index contributed by atoms with van der Waals surface area (Å²) in [4.78, 5) is 16.1. The van der Waals surface area contributed by atoms with Crippen LogP contribution in [0.4, 0.5) is 4.79 Å². The highest BCUT2D eigenvalue weighted by Gasteiger charge is 2.15. The largest absolute Gasteiger partial charge is 0.444 e. The van der Waals surface area contributed by atoms with Gasteiger partial charge in [0.15, 0.2) is 0 Å². The number of amides is 1. The maximum atomic E-state index is 11.2. The van der Waals surface area contributed by atoms with Gasteiger partial charge in [0.25, 0.3) is 0 Å². The normalized spacial score (nSPS) is 9.69. The lowest BCUT2D eigenvalue weighted by atomic mass is 10.2. The lowest BCUT2D eigenvalue weighted by molar-refractivity contribution is 0.0524. The van der Waals surface area contributed by atoms with Gasteiger partial charge in [0.2, 0.25) is 0 Å². The van der Waals surface area contributed by atoms with Crippen LogP contribution in [-0.4, -0.2) is 16.7 Å². The first-order chi connectivity index (χ1) is 6.47. The minimum atomic E-state index is -0.447. The fraction of sp³-hybridized carbons (Fsp3) is 0.556. The minimum Gasteiger partial charge on any atom is -0.444 e. The summed E-state index contributed by atoms with van der Waals surface area (Å²) in [5.41, 5.74) is 1.28. The molecule has 0 atom stereocenters. The zero-order valence-corrected chi connectivity index (χ0v) is 11.8. The van der Waals surface area contributed by atoms with Crippen LogP contribution in [0, 0.1) is 0 Å². The Balaban J connectivity index is 0. The summed E-state index contributed by atoms with van der Waals surface area (Å²) in [6.45, 7) is 5.97. The molecule has 16 heavy (non-hydrogen) atoms. The number of hydrogen-bond donors (Lipinski definition) is 1. The summed E-state index contributed by atoms with van der Waals surface area (Å²) in [6.07, 6.45) is 1.33. The number of carbonyl (C=O) groups excluding carboxylic acids is 1. The maximum Gasteiger partial charge on any atom is 0.407 e. The monoisotopic (exact) mass is 286 g/mol. The molecule has 0 aliphatic carbocycles. The van der Waals surface area contributed by atoms with Gasteiger partial charge in [-0.25, -0.2) is 4.79 Å². The lowest BCUT2D eigenvalue weighted by Crippen LogP contribution is -2.31. The Hall–Kier alpha value is -0.520. The quantitative estimate of drug-likeness (QED) is 0.909. The topological polar surface area (TPSA) is 51.2 Å². The zero-order chi connectivity index (χ0) is 10.6. The summed E-state index contributed by atoms with van der Waals surface area (Å²) in [5.74, 6) is 0. The molecule has 0 saturated carbocycles. The van der Waals surface area contributed by atoms with E-state index in [0.29, 0.717) is 6.54 Å². The van der Waals surface area contributed by atoms with Crippen LogP contribution >= 0.6 is 36.2 Å². The SMILES string of the molecule is CC(C)(C)OC(=O)NCc1cncs1.Cl.Cl. The molecule has 0 bridgehead atoms. The average Bonchev–Trinajstić information content (AvgIpc) is 2.49. The van der Waals surface area contributed by atoms with Crippen molar-refractivity contribution < 1.29 is 9.53 Å². The molecule has 0 saturated heterocycles. The number of carbonyl (C=O) groups is 1.